The molecule has 3 amide bonds. The van der Waals surface area contributed by atoms with Crippen LogP contribution in [0.15, 0.2) is 47.1 Å². The van der Waals surface area contributed by atoms with Crippen molar-refractivity contribution in [2.24, 2.45) is 0 Å². The largest absolute Gasteiger partial charge is 0.469 e. The van der Waals surface area contributed by atoms with Crippen LogP contribution >= 0.6 is 0 Å². The molecule has 0 saturated carbocycles. The molecule has 0 aliphatic rings. The minimum absolute atomic E-state index is 0.146. The van der Waals surface area contributed by atoms with Crippen molar-refractivity contribution in [3.8, 4) is 0 Å². The van der Waals surface area contributed by atoms with Crippen LogP contribution in [0.5, 0.6) is 0 Å². The monoisotopic (exact) mass is 319 g/mol. The van der Waals surface area contributed by atoms with Crippen molar-refractivity contribution in [1.29, 1.82) is 0 Å². The number of hydrogen-bond donors (Lipinski definition) is 3. The van der Waals surface area contributed by atoms with Crippen molar-refractivity contribution in [2.75, 3.05) is 11.9 Å². The fraction of sp³-hybridized carbons (Fsp3) is 0.250. The molecule has 1 aromatic heterocycles. The van der Waals surface area contributed by atoms with Crippen molar-refractivity contribution in [2.45, 2.75) is 19.4 Å². The highest BCUT2D eigenvalue weighted by Crippen LogP contribution is 2.08. The summed E-state index contributed by atoms with van der Waals surface area (Å²) in [6.07, 6.45) is 2.12. The standard InChI is InChI=1S/C16H18FN3O3/c1-11(8-14-6-3-7-23-14)19-16(22)18-10-15(21)20-13-5-2-4-12(17)9-13/h2-7,9,11H,8,10H2,1H3,(H,20,21)(H2,18,19,22). The van der Waals surface area contributed by atoms with E-state index in [9.17, 15) is 14.0 Å². The fourth-order valence-electron chi connectivity index (χ4n) is 1.99. The van der Waals surface area contributed by atoms with E-state index in [-0.39, 0.29) is 12.6 Å². The van der Waals surface area contributed by atoms with Gasteiger partial charge in [-0.05, 0) is 37.3 Å². The summed E-state index contributed by atoms with van der Waals surface area (Å²) < 4.78 is 18.2. The number of hydrogen-bond acceptors (Lipinski definition) is 3. The summed E-state index contributed by atoms with van der Waals surface area (Å²) in [4.78, 5) is 23.4. The molecule has 6 nitrogen and oxygen atoms in total. The molecule has 122 valence electrons. The Morgan fingerprint density at radius 3 is 2.78 bits per heavy atom. The highest BCUT2D eigenvalue weighted by atomic mass is 19.1. The highest BCUT2D eigenvalue weighted by Gasteiger charge is 2.11. The molecule has 0 aliphatic carbocycles. The average molecular weight is 319 g/mol. The molecule has 0 spiro atoms. The zero-order valence-corrected chi connectivity index (χ0v) is 12.6. The van der Waals surface area contributed by atoms with Crippen molar-refractivity contribution < 1.29 is 18.4 Å². The maximum absolute atomic E-state index is 13.0. The molecule has 7 heteroatoms. The number of carbonyl (C=O) groups excluding carboxylic acids is 2. The van der Waals surface area contributed by atoms with Crippen LogP contribution in [-0.2, 0) is 11.2 Å². The molecule has 0 aliphatic heterocycles. The molecule has 0 radical (unpaired) electrons. The average Bonchev–Trinajstić information content (AvgIpc) is 2.98. The second-order valence-corrected chi connectivity index (χ2v) is 5.07. The summed E-state index contributed by atoms with van der Waals surface area (Å²) in [5, 5.41) is 7.63. The van der Waals surface area contributed by atoms with Crippen LogP contribution in [0.25, 0.3) is 0 Å². The van der Waals surface area contributed by atoms with Crippen LogP contribution in [-0.4, -0.2) is 24.5 Å². The van der Waals surface area contributed by atoms with E-state index in [0.717, 1.165) is 5.76 Å². The van der Waals surface area contributed by atoms with Crippen LogP contribution < -0.4 is 16.0 Å². The first kappa shape index (κ1) is 16.5. The van der Waals surface area contributed by atoms with Crippen molar-refractivity contribution in [1.82, 2.24) is 10.6 Å². The van der Waals surface area contributed by atoms with E-state index in [2.05, 4.69) is 16.0 Å². The number of rotatable bonds is 6. The summed E-state index contributed by atoms with van der Waals surface area (Å²) in [5.74, 6) is -0.119. The van der Waals surface area contributed by atoms with Crippen LogP contribution in [0.1, 0.15) is 12.7 Å². The maximum Gasteiger partial charge on any atom is 0.315 e. The van der Waals surface area contributed by atoms with E-state index in [1.165, 1.54) is 18.2 Å². The molecular formula is C16H18FN3O3. The lowest BCUT2D eigenvalue weighted by Gasteiger charge is -2.13. The molecule has 2 aromatic rings. The number of furan rings is 1. The second-order valence-electron chi connectivity index (χ2n) is 5.07. The van der Waals surface area contributed by atoms with Gasteiger partial charge in [-0.15, -0.1) is 0 Å². The number of carbonyl (C=O) groups is 2. The predicted octanol–water partition coefficient (Wildman–Crippen LogP) is 2.29. The Labute approximate surface area is 133 Å². The quantitative estimate of drug-likeness (QED) is 0.764. The summed E-state index contributed by atoms with van der Waals surface area (Å²) >= 11 is 0. The van der Waals surface area contributed by atoms with Gasteiger partial charge in [0.25, 0.3) is 0 Å². The van der Waals surface area contributed by atoms with E-state index >= 15 is 0 Å². The molecule has 23 heavy (non-hydrogen) atoms. The molecule has 1 heterocycles. The van der Waals surface area contributed by atoms with Gasteiger partial charge >= 0.3 is 6.03 Å². The topological polar surface area (TPSA) is 83.4 Å². The van der Waals surface area contributed by atoms with Gasteiger partial charge in [0.05, 0.1) is 12.8 Å². The molecule has 1 atom stereocenters. The van der Waals surface area contributed by atoms with E-state index in [1.807, 2.05) is 13.0 Å². The second kappa shape index (κ2) is 7.98. The minimum atomic E-state index is -0.460. The van der Waals surface area contributed by atoms with Gasteiger partial charge in [0.2, 0.25) is 5.91 Å². The lowest BCUT2D eigenvalue weighted by molar-refractivity contribution is -0.115. The van der Waals surface area contributed by atoms with Gasteiger partial charge in [0.15, 0.2) is 0 Å². The zero-order valence-electron chi connectivity index (χ0n) is 12.6. The Bertz CT molecular complexity index is 658. The normalized spacial score (nSPS) is 11.6. The molecule has 0 saturated heterocycles. The smallest absolute Gasteiger partial charge is 0.315 e. The predicted molar refractivity (Wildman–Crippen MR) is 83.4 cm³/mol. The molecule has 2 rings (SSSR count). The molecular weight excluding hydrogens is 301 g/mol. The van der Waals surface area contributed by atoms with Crippen LogP contribution in [0.4, 0.5) is 14.9 Å². The van der Waals surface area contributed by atoms with Crippen LogP contribution in [0.2, 0.25) is 0 Å². The van der Waals surface area contributed by atoms with Gasteiger partial charge in [0, 0.05) is 18.2 Å². The Balaban J connectivity index is 1.70. The number of nitrogens with one attached hydrogen (secondary N) is 3. The molecule has 1 unspecified atom stereocenters. The van der Waals surface area contributed by atoms with Crippen molar-refractivity contribution >= 4 is 17.6 Å². The summed E-state index contributed by atoms with van der Waals surface area (Å²) in [6.45, 7) is 1.62. The molecule has 0 bridgehead atoms. The van der Waals surface area contributed by atoms with Gasteiger partial charge in [0.1, 0.15) is 11.6 Å². The summed E-state index contributed by atoms with van der Waals surface area (Å²) in [5.41, 5.74) is 0.336. The number of halogens is 1. The molecule has 1 aromatic carbocycles. The summed E-state index contributed by atoms with van der Waals surface area (Å²) in [6, 6.07) is 8.52. The molecule has 3 N–H and O–H groups in total. The first-order valence-corrected chi connectivity index (χ1v) is 7.15. The Kier molecular flexibility index (Phi) is 5.74. The van der Waals surface area contributed by atoms with Gasteiger partial charge in [-0.3, -0.25) is 4.79 Å². The van der Waals surface area contributed by atoms with Crippen LogP contribution in [0, 0.1) is 5.82 Å². The summed E-state index contributed by atoms with van der Waals surface area (Å²) in [7, 11) is 0. The van der Waals surface area contributed by atoms with Gasteiger partial charge < -0.3 is 20.4 Å². The minimum Gasteiger partial charge on any atom is -0.469 e. The number of amides is 3. The van der Waals surface area contributed by atoms with Crippen molar-refractivity contribution in [3.63, 3.8) is 0 Å². The van der Waals surface area contributed by atoms with Crippen LogP contribution in [0.3, 0.4) is 0 Å². The number of anilines is 1. The lowest BCUT2D eigenvalue weighted by atomic mass is 10.2. The van der Waals surface area contributed by atoms with Gasteiger partial charge in [-0.2, -0.15) is 0 Å². The Hall–Kier alpha value is -2.83. The third-order valence-electron chi connectivity index (χ3n) is 2.98. The Morgan fingerprint density at radius 2 is 2.09 bits per heavy atom. The van der Waals surface area contributed by atoms with E-state index < -0.39 is 17.8 Å². The lowest BCUT2D eigenvalue weighted by Crippen LogP contribution is -2.44. The Morgan fingerprint density at radius 1 is 1.26 bits per heavy atom. The number of urea groups is 1. The first-order valence-electron chi connectivity index (χ1n) is 7.15. The zero-order chi connectivity index (χ0) is 16.7. The maximum atomic E-state index is 13.0. The van der Waals surface area contributed by atoms with E-state index in [0.29, 0.717) is 12.1 Å². The number of benzene rings is 1. The van der Waals surface area contributed by atoms with Gasteiger partial charge in [-0.25, -0.2) is 9.18 Å². The van der Waals surface area contributed by atoms with E-state index in [1.54, 1.807) is 18.4 Å². The fourth-order valence-corrected chi connectivity index (χ4v) is 1.99. The third kappa shape index (κ3) is 5.82. The first-order chi connectivity index (χ1) is 11.0. The molecule has 0 fully saturated rings. The van der Waals surface area contributed by atoms with Gasteiger partial charge in [-0.1, -0.05) is 6.07 Å². The van der Waals surface area contributed by atoms with E-state index in [4.69, 9.17) is 4.42 Å². The highest BCUT2D eigenvalue weighted by molar-refractivity contribution is 5.94. The third-order valence-corrected chi connectivity index (χ3v) is 2.98. The SMILES string of the molecule is CC(Cc1ccco1)NC(=O)NCC(=O)Nc1cccc(F)c1. The van der Waals surface area contributed by atoms with Crippen molar-refractivity contribution in [3.05, 3.63) is 54.2 Å².